The Kier molecular flexibility index (Phi) is 4.34. The number of rotatable bonds is 5. The summed E-state index contributed by atoms with van der Waals surface area (Å²) >= 11 is 0. The summed E-state index contributed by atoms with van der Waals surface area (Å²) in [5.74, 6) is 0.766. The van der Waals surface area contributed by atoms with Crippen LogP contribution in [0.15, 0.2) is 12.7 Å². The Labute approximate surface area is 89.4 Å². The predicted molar refractivity (Wildman–Crippen MR) is 56.7 cm³/mol. The summed E-state index contributed by atoms with van der Waals surface area (Å²) in [5.41, 5.74) is 0. The molecule has 0 aromatic carbocycles. The normalized spacial score (nSPS) is 25.2. The van der Waals surface area contributed by atoms with Gasteiger partial charge in [-0.1, -0.05) is 6.08 Å². The van der Waals surface area contributed by atoms with E-state index in [1.807, 2.05) is 0 Å². The molecule has 2 N–H and O–H groups in total. The highest BCUT2D eigenvalue weighted by molar-refractivity contribution is 5.83. The molecule has 1 amide bonds. The van der Waals surface area contributed by atoms with Gasteiger partial charge in [-0.15, -0.1) is 6.58 Å². The number of allylic oxidation sites excluding steroid dienone is 1. The third kappa shape index (κ3) is 3.73. The molecule has 1 rings (SSSR count). The lowest BCUT2D eigenvalue weighted by atomic mass is 9.99. The van der Waals surface area contributed by atoms with Crippen molar-refractivity contribution in [3.8, 4) is 0 Å². The lowest BCUT2D eigenvalue weighted by Gasteiger charge is -2.08. The van der Waals surface area contributed by atoms with Crippen molar-refractivity contribution in [1.29, 1.82) is 0 Å². The highest BCUT2D eigenvalue weighted by atomic mass is 16.4. The molecule has 84 valence electrons. The fraction of sp³-hybridized carbons (Fsp3) is 0.636. The third-order valence-corrected chi connectivity index (χ3v) is 2.84. The minimum Gasteiger partial charge on any atom is -0.465 e. The number of hydrogen-bond donors (Lipinski definition) is 2. The molecule has 0 aromatic heterocycles. The number of Topliss-reactive ketones (excluding diaryl/α,β-unsaturated/α-hetero) is 1. The molecule has 2 unspecified atom stereocenters. The Hall–Kier alpha value is -1.32. The first kappa shape index (κ1) is 11.8. The smallest absolute Gasteiger partial charge is 0.404 e. The minimum atomic E-state index is -0.998. The van der Waals surface area contributed by atoms with Crippen molar-refractivity contribution >= 4 is 11.9 Å². The molecule has 15 heavy (non-hydrogen) atoms. The Morgan fingerprint density at radius 2 is 2.40 bits per heavy atom. The van der Waals surface area contributed by atoms with Gasteiger partial charge in [0.2, 0.25) is 0 Å². The Morgan fingerprint density at radius 1 is 1.67 bits per heavy atom. The number of carbonyl (C=O) groups is 2. The standard InChI is InChI=1S/C11H17NO3/c1-2-3-9-6-8(7-10(9)13)4-5-12-11(14)15/h2,8-9,12H,1,3-7H2,(H,14,15). The van der Waals surface area contributed by atoms with Gasteiger partial charge in [0.15, 0.2) is 0 Å². The van der Waals surface area contributed by atoms with Crippen LogP contribution in [-0.4, -0.2) is 23.5 Å². The second-order valence-electron chi connectivity index (χ2n) is 4.01. The molecular weight excluding hydrogens is 194 g/mol. The highest BCUT2D eigenvalue weighted by Crippen LogP contribution is 2.32. The molecule has 0 aliphatic heterocycles. The van der Waals surface area contributed by atoms with Crippen molar-refractivity contribution in [3.05, 3.63) is 12.7 Å². The molecule has 4 heteroatoms. The van der Waals surface area contributed by atoms with E-state index in [-0.39, 0.29) is 5.92 Å². The number of carboxylic acid groups (broad SMARTS) is 1. The van der Waals surface area contributed by atoms with Crippen molar-refractivity contribution < 1.29 is 14.7 Å². The minimum absolute atomic E-state index is 0.123. The largest absolute Gasteiger partial charge is 0.465 e. The highest BCUT2D eigenvalue weighted by Gasteiger charge is 2.30. The second-order valence-corrected chi connectivity index (χ2v) is 4.01. The fourth-order valence-electron chi connectivity index (χ4n) is 2.10. The summed E-state index contributed by atoms with van der Waals surface area (Å²) in [4.78, 5) is 21.7. The average molecular weight is 211 g/mol. The SMILES string of the molecule is C=CCC1CC(CCNC(=O)O)CC1=O. The number of ketones is 1. The van der Waals surface area contributed by atoms with Gasteiger partial charge in [0.25, 0.3) is 0 Å². The molecule has 0 saturated heterocycles. The summed E-state index contributed by atoms with van der Waals surface area (Å²) < 4.78 is 0. The van der Waals surface area contributed by atoms with Gasteiger partial charge in [-0.3, -0.25) is 4.79 Å². The predicted octanol–water partition coefficient (Wildman–Crippen LogP) is 1.82. The van der Waals surface area contributed by atoms with Crippen LogP contribution < -0.4 is 5.32 Å². The maximum Gasteiger partial charge on any atom is 0.404 e. The summed E-state index contributed by atoms with van der Waals surface area (Å²) in [6.45, 7) is 4.07. The average Bonchev–Trinajstić information content (AvgIpc) is 2.47. The van der Waals surface area contributed by atoms with Gasteiger partial charge in [0, 0.05) is 18.9 Å². The summed E-state index contributed by atoms with van der Waals surface area (Å²) in [5, 5.41) is 10.7. The lowest BCUT2D eigenvalue weighted by molar-refractivity contribution is -0.120. The first-order chi connectivity index (χ1) is 7.13. The van der Waals surface area contributed by atoms with Gasteiger partial charge in [0.1, 0.15) is 5.78 Å². The van der Waals surface area contributed by atoms with Gasteiger partial charge in [-0.25, -0.2) is 4.79 Å². The second kappa shape index (κ2) is 5.53. The monoisotopic (exact) mass is 211 g/mol. The molecule has 1 fully saturated rings. The van der Waals surface area contributed by atoms with Gasteiger partial charge in [-0.2, -0.15) is 0 Å². The molecule has 4 nitrogen and oxygen atoms in total. The molecule has 0 radical (unpaired) electrons. The number of hydrogen-bond acceptors (Lipinski definition) is 2. The van der Waals surface area contributed by atoms with Gasteiger partial charge in [-0.05, 0) is 25.2 Å². The van der Waals surface area contributed by atoms with Crippen LogP contribution in [0.3, 0.4) is 0 Å². The van der Waals surface area contributed by atoms with E-state index in [9.17, 15) is 9.59 Å². The number of nitrogens with one attached hydrogen (secondary N) is 1. The van der Waals surface area contributed by atoms with E-state index in [1.165, 1.54) is 0 Å². The summed E-state index contributed by atoms with van der Waals surface area (Å²) in [6, 6.07) is 0. The van der Waals surface area contributed by atoms with Crippen LogP contribution in [0.2, 0.25) is 0 Å². The van der Waals surface area contributed by atoms with E-state index >= 15 is 0 Å². The van der Waals surface area contributed by atoms with E-state index in [0.29, 0.717) is 24.7 Å². The lowest BCUT2D eigenvalue weighted by Crippen LogP contribution is -2.23. The molecule has 1 aliphatic rings. The quantitative estimate of drug-likeness (QED) is 0.681. The molecular formula is C11H17NO3. The Bertz CT molecular complexity index is 263. The Morgan fingerprint density at radius 3 is 3.00 bits per heavy atom. The Balaban J connectivity index is 2.25. The molecule has 1 aliphatic carbocycles. The molecule has 2 atom stereocenters. The molecule has 0 bridgehead atoms. The maximum atomic E-state index is 11.5. The van der Waals surface area contributed by atoms with Crippen molar-refractivity contribution in [1.82, 2.24) is 5.32 Å². The van der Waals surface area contributed by atoms with Crippen LogP contribution in [0.4, 0.5) is 4.79 Å². The van der Waals surface area contributed by atoms with Crippen molar-refractivity contribution in [2.45, 2.75) is 25.7 Å². The first-order valence-electron chi connectivity index (χ1n) is 5.24. The van der Waals surface area contributed by atoms with Crippen LogP contribution in [0, 0.1) is 11.8 Å². The van der Waals surface area contributed by atoms with E-state index in [0.717, 1.165) is 19.3 Å². The van der Waals surface area contributed by atoms with Crippen LogP contribution in [0.1, 0.15) is 25.7 Å². The van der Waals surface area contributed by atoms with Crippen molar-refractivity contribution in [2.75, 3.05) is 6.54 Å². The van der Waals surface area contributed by atoms with Gasteiger partial charge < -0.3 is 10.4 Å². The van der Waals surface area contributed by atoms with Crippen LogP contribution in [-0.2, 0) is 4.79 Å². The topological polar surface area (TPSA) is 66.4 Å². The third-order valence-electron chi connectivity index (χ3n) is 2.84. The summed E-state index contributed by atoms with van der Waals surface area (Å²) in [6.07, 6.45) is 3.77. The van der Waals surface area contributed by atoms with E-state index in [4.69, 9.17) is 5.11 Å². The van der Waals surface area contributed by atoms with E-state index < -0.39 is 6.09 Å². The zero-order valence-corrected chi connectivity index (χ0v) is 8.74. The number of amides is 1. The molecule has 0 heterocycles. The molecule has 1 saturated carbocycles. The molecule has 0 spiro atoms. The van der Waals surface area contributed by atoms with E-state index in [2.05, 4.69) is 11.9 Å². The van der Waals surface area contributed by atoms with E-state index in [1.54, 1.807) is 6.08 Å². The van der Waals surface area contributed by atoms with Crippen LogP contribution in [0.25, 0.3) is 0 Å². The first-order valence-corrected chi connectivity index (χ1v) is 5.24. The fourth-order valence-corrected chi connectivity index (χ4v) is 2.10. The van der Waals surface area contributed by atoms with Crippen LogP contribution in [0.5, 0.6) is 0 Å². The zero-order valence-electron chi connectivity index (χ0n) is 8.74. The maximum absolute atomic E-state index is 11.5. The number of carbonyl (C=O) groups excluding carboxylic acids is 1. The van der Waals surface area contributed by atoms with Crippen molar-refractivity contribution in [2.24, 2.45) is 11.8 Å². The van der Waals surface area contributed by atoms with Gasteiger partial charge >= 0.3 is 6.09 Å². The zero-order chi connectivity index (χ0) is 11.3. The van der Waals surface area contributed by atoms with Crippen molar-refractivity contribution in [3.63, 3.8) is 0 Å². The van der Waals surface area contributed by atoms with Crippen LogP contribution >= 0.6 is 0 Å². The molecule has 0 aromatic rings. The summed E-state index contributed by atoms with van der Waals surface area (Å²) in [7, 11) is 0. The van der Waals surface area contributed by atoms with Gasteiger partial charge in [0.05, 0.1) is 0 Å².